The molecule has 2 atom stereocenters. The van der Waals surface area contributed by atoms with Crippen LogP contribution in [-0.2, 0) is 4.74 Å². The van der Waals surface area contributed by atoms with Gasteiger partial charge in [-0.3, -0.25) is 0 Å². The molecule has 0 heterocycles. The monoisotopic (exact) mass is 234 g/mol. The van der Waals surface area contributed by atoms with Gasteiger partial charge >= 0.3 is 6.09 Å². The largest absolute Gasteiger partial charge is 0.444 e. The predicted octanol–water partition coefficient (Wildman–Crippen LogP) is 1.93. The van der Waals surface area contributed by atoms with Gasteiger partial charge in [-0.15, -0.1) is 0 Å². The van der Waals surface area contributed by atoms with E-state index in [9.17, 15) is 9.18 Å². The van der Waals surface area contributed by atoms with Crippen molar-refractivity contribution in [3.05, 3.63) is 0 Å². The van der Waals surface area contributed by atoms with Gasteiger partial charge in [-0.25, -0.2) is 9.18 Å². The number of alkyl halides is 1. The van der Waals surface area contributed by atoms with Gasteiger partial charge in [0.05, 0.1) is 6.04 Å². The molecule has 0 saturated heterocycles. The molecule has 0 aliphatic rings. The first-order chi connectivity index (χ1) is 7.19. The number of rotatable bonds is 4. The smallest absolute Gasteiger partial charge is 0.410 e. The Morgan fingerprint density at radius 3 is 2.38 bits per heavy atom. The standard InChI is InChI=1S/C11H23FN2O2/c1-8(9(12)6-7-13)14(5)10(15)16-11(2,3)4/h8-9H,6-7,13H2,1-5H3. The van der Waals surface area contributed by atoms with Crippen LogP contribution in [0.5, 0.6) is 0 Å². The lowest BCUT2D eigenvalue weighted by molar-refractivity contribution is 0.0152. The molecule has 0 rings (SSSR count). The molecule has 96 valence electrons. The van der Waals surface area contributed by atoms with Crippen molar-refractivity contribution in [3.63, 3.8) is 0 Å². The molecule has 2 unspecified atom stereocenters. The maximum atomic E-state index is 13.5. The first-order valence-corrected chi connectivity index (χ1v) is 5.49. The van der Waals surface area contributed by atoms with Crippen LogP contribution in [0.25, 0.3) is 0 Å². The summed E-state index contributed by atoms with van der Waals surface area (Å²) < 4.78 is 18.6. The first-order valence-electron chi connectivity index (χ1n) is 5.49. The van der Waals surface area contributed by atoms with E-state index in [1.807, 2.05) is 0 Å². The van der Waals surface area contributed by atoms with E-state index in [1.165, 1.54) is 11.9 Å². The molecule has 0 spiro atoms. The highest BCUT2D eigenvalue weighted by atomic mass is 19.1. The zero-order valence-corrected chi connectivity index (χ0v) is 10.8. The van der Waals surface area contributed by atoms with Crippen molar-refractivity contribution < 1.29 is 13.9 Å². The van der Waals surface area contributed by atoms with Gasteiger partial charge in [0.25, 0.3) is 0 Å². The summed E-state index contributed by atoms with van der Waals surface area (Å²) in [6, 6.07) is -0.529. The number of ether oxygens (including phenoxy) is 1. The lowest BCUT2D eigenvalue weighted by Crippen LogP contribution is -2.44. The maximum Gasteiger partial charge on any atom is 0.410 e. The SMILES string of the molecule is CC(C(F)CCN)N(C)C(=O)OC(C)(C)C. The van der Waals surface area contributed by atoms with Gasteiger partial charge in [-0.1, -0.05) is 0 Å². The lowest BCUT2D eigenvalue weighted by atomic mass is 10.1. The molecule has 0 saturated carbocycles. The van der Waals surface area contributed by atoms with Gasteiger partial charge in [-0.05, 0) is 40.7 Å². The second kappa shape index (κ2) is 6.03. The molecule has 0 aromatic carbocycles. The van der Waals surface area contributed by atoms with Crippen LogP contribution in [0.3, 0.4) is 0 Å². The summed E-state index contributed by atoms with van der Waals surface area (Å²) in [4.78, 5) is 12.9. The number of halogens is 1. The fourth-order valence-corrected chi connectivity index (χ4v) is 1.14. The Kier molecular flexibility index (Phi) is 5.72. The van der Waals surface area contributed by atoms with Gasteiger partial charge in [-0.2, -0.15) is 0 Å². The Bertz CT molecular complexity index is 229. The van der Waals surface area contributed by atoms with Crippen molar-refractivity contribution in [2.45, 2.75) is 51.9 Å². The van der Waals surface area contributed by atoms with Gasteiger partial charge in [0.2, 0.25) is 0 Å². The molecule has 2 N–H and O–H groups in total. The van der Waals surface area contributed by atoms with E-state index in [0.717, 1.165) is 0 Å². The number of hydrogen-bond acceptors (Lipinski definition) is 3. The summed E-state index contributed by atoms with van der Waals surface area (Å²) in [5, 5.41) is 0. The molecule has 5 heteroatoms. The van der Waals surface area contributed by atoms with E-state index >= 15 is 0 Å². The molecule has 0 radical (unpaired) electrons. The third-order valence-electron chi connectivity index (χ3n) is 2.26. The average Bonchev–Trinajstić information content (AvgIpc) is 2.13. The molecule has 0 aromatic heterocycles. The third-order valence-corrected chi connectivity index (χ3v) is 2.26. The minimum atomic E-state index is -1.12. The maximum absolute atomic E-state index is 13.5. The van der Waals surface area contributed by atoms with Crippen molar-refractivity contribution in [1.29, 1.82) is 0 Å². The Morgan fingerprint density at radius 1 is 1.50 bits per heavy atom. The summed E-state index contributed by atoms with van der Waals surface area (Å²) in [5.41, 5.74) is 4.71. The zero-order valence-electron chi connectivity index (χ0n) is 10.8. The fourth-order valence-electron chi connectivity index (χ4n) is 1.14. The minimum absolute atomic E-state index is 0.244. The van der Waals surface area contributed by atoms with Crippen molar-refractivity contribution in [2.75, 3.05) is 13.6 Å². The third kappa shape index (κ3) is 5.30. The second-order valence-corrected chi connectivity index (χ2v) is 4.93. The minimum Gasteiger partial charge on any atom is -0.444 e. The molecule has 0 bridgehead atoms. The van der Waals surface area contributed by atoms with E-state index in [0.29, 0.717) is 0 Å². The molecule has 16 heavy (non-hydrogen) atoms. The van der Waals surface area contributed by atoms with E-state index in [4.69, 9.17) is 10.5 Å². The quantitative estimate of drug-likeness (QED) is 0.808. The van der Waals surface area contributed by atoms with Crippen molar-refractivity contribution in [1.82, 2.24) is 4.90 Å². The average molecular weight is 234 g/mol. The predicted molar refractivity (Wildman–Crippen MR) is 62.0 cm³/mol. The van der Waals surface area contributed by atoms with Gasteiger partial charge < -0.3 is 15.4 Å². The number of nitrogens with two attached hydrogens (primary N) is 1. The summed E-state index contributed by atoms with van der Waals surface area (Å²) in [5.74, 6) is 0. The molecule has 1 amide bonds. The Labute approximate surface area is 96.9 Å². The molecule has 0 aromatic rings. The molecular formula is C11H23FN2O2. The van der Waals surface area contributed by atoms with Crippen LogP contribution >= 0.6 is 0 Å². The van der Waals surface area contributed by atoms with Crippen molar-refractivity contribution in [2.24, 2.45) is 5.73 Å². The molecular weight excluding hydrogens is 211 g/mol. The number of nitrogens with zero attached hydrogens (tertiary/aromatic N) is 1. The van der Waals surface area contributed by atoms with Crippen molar-refractivity contribution in [3.8, 4) is 0 Å². The van der Waals surface area contributed by atoms with Crippen LogP contribution in [0.4, 0.5) is 9.18 Å². The molecule has 0 aliphatic heterocycles. The second-order valence-electron chi connectivity index (χ2n) is 4.93. The first kappa shape index (κ1) is 15.2. The fraction of sp³-hybridized carbons (Fsp3) is 0.909. The number of carbonyl (C=O) groups is 1. The van der Waals surface area contributed by atoms with Gasteiger partial charge in [0.15, 0.2) is 0 Å². The van der Waals surface area contributed by atoms with E-state index in [2.05, 4.69) is 0 Å². The number of hydrogen-bond donors (Lipinski definition) is 1. The van der Waals surface area contributed by atoms with E-state index in [-0.39, 0.29) is 13.0 Å². The van der Waals surface area contributed by atoms with E-state index in [1.54, 1.807) is 27.7 Å². The summed E-state index contributed by atoms with van der Waals surface area (Å²) in [7, 11) is 1.53. The normalized spacial score (nSPS) is 15.4. The van der Waals surface area contributed by atoms with Crippen LogP contribution in [0.1, 0.15) is 34.1 Å². The Balaban J connectivity index is 4.32. The van der Waals surface area contributed by atoms with Crippen LogP contribution in [0, 0.1) is 0 Å². The van der Waals surface area contributed by atoms with Crippen LogP contribution < -0.4 is 5.73 Å². The Morgan fingerprint density at radius 2 is 2.00 bits per heavy atom. The molecule has 0 fully saturated rings. The highest BCUT2D eigenvalue weighted by Crippen LogP contribution is 2.14. The number of amides is 1. The zero-order chi connectivity index (χ0) is 12.9. The summed E-state index contributed by atoms with van der Waals surface area (Å²) >= 11 is 0. The van der Waals surface area contributed by atoms with Crippen LogP contribution in [0.15, 0.2) is 0 Å². The highest BCUT2D eigenvalue weighted by Gasteiger charge is 2.27. The van der Waals surface area contributed by atoms with E-state index < -0.39 is 23.9 Å². The molecule has 0 aliphatic carbocycles. The topological polar surface area (TPSA) is 55.6 Å². The number of carbonyl (C=O) groups excluding carboxylic acids is 1. The van der Waals surface area contributed by atoms with Gasteiger partial charge in [0.1, 0.15) is 11.8 Å². The van der Waals surface area contributed by atoms with Gasteiger partial charge in [0, 0.05) is 7.05 Å². The van der Waals surface area contributed by atoms with Crippen LogP contribution in [-0.4, -0.2) is 42.4 Å². The Hall–Kier alpha value is -0.840. The summed E-state index contributed by atoms with van der Waals surface area (Å²) in [6.07, 6.45) is -1.39. The lowest BCUT2D eigenvalue weighted by Gasteiger charge is -2.30. The summed E-state index contributed by atoms with van der Waals surface area (Å²) in [6.45, 7) is 7.24. The van der Waals surface area contributed by atoms with Crippen molar-refractivity contribution >= 4 is 6.09 Å². The highest BCUT2D eigenvalue weighted by molar-refractivity contribution is 5.68. The van der Waals surface area contributed by atoms with Crippen LogP contribution in [0.2, 0.25) is 0 Å². The molecule has 4 nitrogen and oxygen atoms in total.